The number of halogens is 1. The van der Waals surface area contributed by atoms with Gasteiger partial charge in [0.15, 0.2) is 0 Å². The van der Waals surface area contributed by atoms with Crippen LogP contribution in [0.5, 0.6) is 5.75 Å². The van der Waals surface area contributed by atoms with Crippen LogP contribution in [0.2, 0.25) is 5.02 Å². The predicted octanol–water partition coefficient (Wildman–Crippen LogP) is 4.75. The van der Waals surface area contributed by atoms with E-state index < -0.39 is 0 Å². The van der Waals surface area contributed by atoms with Crippen LogP contribution in [0.25, 0.3) is 0 Å². The number of rotatable bonds is 7. The summed E-state index contributed by atoms with van der Waals surface area (Å²) in [7, 11) is 3.97. The molecule has 0 atom stereocenters. The number of hydrazone groups is 1. The van der Waals surface area contributed by atoms with Gasteiger partial charge in [0, 0.05) is 30.4 Å². The van der Waals surface area contributed by atoms with E-state index in [4.69, 9.17) is 16.3 Å². The summed E-state index contributed by atoms with van der Waals surface area (Å²) in [6.45, 7) is 0.430. The Labute approximate surface area is 175 Å². The molecule has 0 aliphatic heterocycles. The van der Waals surface area contributed by atoms with E-state index in [0.29, 0.717) is 22.9 Å². The van der Waals surface area contributed by atoms with Crippen LogP contribution < -0.4 is 15.1 Å². The first-order valence-corrected chi connectivity index (χ1v) is 9.47. The minimum Gasteiger partial charge on any atom is -0.489 e. The fraction of sp³-hybridized carbons (Fsp3) is 0.130. The second kappa shape index (κ2) is 9.75. The van der Waals surface area contributed by atoms with Gasteiger partial charge in [0.25, 0.3) is 5.91 Å². The Bertz CT molecular complexity index is 967. The largest absolute Gasteiger partial charge is 0.489 e. The van der Waals surface area contributed by atoms with E-state index in [1.54, 1.807) is 30.5 Å². The van der Waals surface area contributed by atoms with Crippen LogP contribution in [0.3, 0.4) is 0 Å². The van der Waals surface area contributed by atoms with E-state index in [2.05, 4.69) is 10.5 Å². The molecule has 3 rings (SSSR count). The van der Waals surface area contributed by atoms with Crippen molar-refractivity contribution in [3.8, 4) is 5.75 Å². The van der Waals surface area contributed by atoms with Crippen LogP contribution >= 0.6 is 11.6 Å². The third-order valence-electron chi connectivity index (χ3n) is 4.22. The molecule has 0 saturated carbocycles. The second-order valence-electron chi connectivity index (χ2n) is 6.62. The summed E-state index contributed by atoms with van der Waals surface area (Å²) in [4.78, 5) is 14.2. The summed E-state index contributed by atoms with van der Waals surface area (Å²) in [6.07, 6.45) is 1.61. The first-order valence-electron chi connectivity index (χ1n) is 9.09. The van der Waals surface area contributed by atoms with Crippen molar-refractivity contribution in [2.45, 2.75) is 6.61 Å². The van der Waals surface area contributed by atoms with Crippen LogP contribution in [0.4, 0.5) is 5.69 Å². The van der Waals surface area contributed by atoms with E-state index in [0.717, 1.165) is 16.8 Å². The zero-order chi connectivity index (χ0) is 20.6. The van der Waals surface area contributed by atoms with Crippen molar-refractivity contribution in [2.24, 2.45) is 5.10 Å². The fourth-order valence-corrected chi connectivity index (χ4v) is 2.66. The van der Waals surface area contributed by atoms with Gasteiger partial charge >= 0.3 is 0 Å². The number of nitrogens with zero attached hydrogens (tertiary/aromatic N) is 2. The molecule has 0 aliphatic carbocycles. The first-order chi connectivity index (χ1) is 14.0. The molecule has 5 nitrogen and oxygen atoms in total. The Morgan fingerprint density at radius 3 is 2.28 bits per heavy atom. The van der Waals surface area contributed by atoms with Crippen molar-refractivity contribution < 1.29 is 9.53 Å². The van der Waals surface area contributed by atoms with Gasteiger partial charge in [-0.1, -0.05) is 35.9 Å². The molecule has 3 aromatic rings. The highest BCUT2D eigenvalue weighted by Crippen LogP contribution is 2.16. The molecule has 148 valence electrons. The lowest BCUT2D eigenvalue weighted by Gasteiger charge is -2.11. The van der Waals surface area contributed by atoms with Crippen molar-refractivity contribution in [1.82, 2.24) is 5.43 Å². The Balaban J connectivity index is 1.51. The summed E-state index contributed by atoms with van der Waals surface area (Å²) >= 11 is 5.87. The van der Waals surface area contributed by atoms with E-state index in [1.165, 1.54) is 0 Å². The number of hydrogen-bond donors (Lipinski definition) is 1. The van der Waals surface area contributed by atoms with Crippen molar-refractivity contribution in [2.75, 3.05) is 19.0 Å². The van der Waals surface area contributed by atoms with E-state index >= 15 is 0 Å². The maximum absolute atomic E-state index is 12.2. The second-order valence-corrected chi connectivity index (χ2v) is 7.06. The van der Waals surface area contributed by atoms with Crippen molar-refractivity contribution in [3.63, 3.8) is 0 Å². The Kier molecular flexibility index (Phi) is 6.87. The van der Waals surface area contributed by atoms with Gasteiger partial charge in [-0.05, 0) is 59.7 Å². The summed E-state index contributed by atoms with van der Waals surface area (Å²) in [5.41, 5.74) is 6.06. The van der Waals surface area contributed by atoms with E-state index in [1.807, 2.05) is 67.5 Å². The van der Waals surface area contributed by atoms with Gasteiger partial charge in [-0.25, -0.2) is 5.43 Å². The SMILES string of the molecule is CN(C)c1ccc(C=NNC(=O)c2ccc(OCc3ccc(Cl)cc3)cc2)cc1. The summed E-state index contributed by atoms with van der Waals surface area (Å²) in [5, 5.41) is 4.71. The molecule has 0 radical (unpaired) electrons. The molecule has 0 spiro atoms. The third kappa shape index (κ3) is 6.09. The van der Waals surface area contributed by atoms with Gasteiger partial charge < -0.3 is 9.64 Å². The topological polar surface area (TPSA) is 53.9 Å². The summed E-state index contributed by atoms with van der Waals surface area (Å²) in [5.74, 6) is 0.399. The average Bonchev–Trinajstić information content (AvgIpc) is 2.74. The molecule has 0 unspecified atom stereocenters. The number of carbonyl (C=O) groups is 1. The maximum atomic E-state index is 12.2. The number of carbonyl (C=O) groups excluding carboxylic acids is 1. The minimum absolute atomic E-state index is 0.282. The molecule has 0 saturated heterocycles. The molecular formula is C23H22ClN3O2. The molecule has 0 heterocycles. The molecule has 0 aliphatic rings. The standard InChI is InChI=1S/C23H22ClN3O2/c1-27(2)21-11-5-17(6-12-21)15-25-26-23(28)19-7-13-22(14-8-19)29-16-18-3-9-20(24)10-4-18/h3-15H,16H2,1-2H3,(H,26,28). The third-order valence-corrected chi connectivity index (χ3v) is 4.48. The number of hydrogen-bond acceptors (Lipinski definition) is 4. The van der Waals surface area contributed by atoms with Gasteiger partial charge in [0.2, 0.25) is 0 Å². The van der Waals surface area contributed by atoms with Crippen molar-refractivity contribution in [1.29, 1.82) is 0 Å². The zero-order valence-electron chi connectivity index (χ0n) is 16.3. The fourth-order valence-electron chi connectivity index (χ4n) is 2.54. The van der Waals surface area contributed by atoms with Crippen LogP contribution in [0.1, 0.15) is 21.5 Å². The molecule has 6 heteroatoms. The van der Waals surface area contributed by atoms with Crippen LogP contribution in [-0.4, -0.2) is 26.2 Å². The molecule has 0 fully saturated rings. The van der Waals surface area contributed by atoms with Crippen molar-refractivity contribution in [3.05, 3.63) is 94.5 Å². The lowest BCUT2D eigenvalue weighted by atomic mass is 10.2. The molecule has 3 aromatic carbocycles. The summed E-state index contributed by atoms with van der Waals surface area (Å²) in [6, 6.07) is 22.3. The number of amides is 1. The molecule has 29 heavy (non-hydrogen) atoms. The smallest absolute Gasteiger partial charge is 0.271 e. The number of nitrogens with one attached hydrogen (secondary N) is 1. The van der Waals surface area contributed by atoms with Crippen LogP contribution in [0.15, 0.2) is 77.9 Å². The van der Waals surface area contributed by atoms with Gasteiger partial charge in [-0.2, -0.15) is 5.10 Å². The molecule has 0 aromatic heterocycles. The molecular weight excluding hydrogens is 386 g/mol. The maximum Gasteiger partial charge on any atom is 0.271 e. The highest BCUT2D eigenvalue weighted by Gasteiger charge is 2.05. The zero-order valence-corrected chi connectivity index (χ0v) is 17.1. The van der Waals surface area contributed by atoms with Gasteiger partial charge in [0.1, 0.15) is 12.4 Å². The normalized spacial score (nSPS) is 10.7. The van der Waals surface area contributed by atoms with E-state index in [9.17, 15) is 4.79 Å². The first kappa shape index (κ1) is 20.4. The molecule has 0 bridgehead atoms. The lowest BCUT2D eigenvalue weighted by molar-refractivity contribution is 0.0955. The number of benzene rings is 3. The minimum atomic E-state index is -0.282. The Morgan fingerprint density at radius 2 is 1.66 bits per heavy atom. The van der Waals surface area contributed by atoms with E-state index in [-0.39, 0.29) is 5.91 Å². The van der Waals surface area contributed by atoms with Gasteiger partial charge in [-0.3, -0.25) is 4.79 Å². The lowest BCUT2D eigenvalue weighted by Crippen LogP contribution is -2.17. The Morgan fingerprint density at radius 1 is 1.00 bits per heavy atom. The highest BCUT2D eigenvalue weighted by molar-refractivity contribution is 6.30. The summed E-state index contributed by atoms with van der Waals surface area (Å²) < 4.78 is 5.72. The van der Waals surface area contributed by atoms with Gasteiger partial charge in [-0.15, -0.1) is 0 Å². The monoisotopic (exact) mass is 407 g/mol. The highest BCUT2D eigenvalue weighted by atomic mass is 35.5. The van der Waals surface area contributed by atoms with Crippen LogP contribution in [0, 0.1) is 0 Å². The average molecular weight is 408 g/mol. The predicted molar refractivity (Wildman–Crippen MR) is 118 cm³/mol. The quantitative estimate of drug-likeness (QED) is 0.454. The molecule has 1 N–H and O–H groups in total. The number of ether oxygens (including phenoxy) is 1. The Hall–Kier alpha value is -3.31. The van der Waals surface area contributed by atoms with Crippen LogP contribution in [-0.2, 0) is 6.61 Å². The number of anilines is 1. The molecule has 1 amide bonds. The van der Waals surface area contributed by atoms with Crippen molar-refractivity contribution >= 4 is 29.4 Å². The van der Waals surface area contributed by atoms with Gasteiger partial charge in [0.05, 0.1) is 6.21 Å².